The number of nitrogens with zero attached hydrogens (tertiary/aromatic N) is 1. The Hall–Kier alpha value is -0.500. The monoisotopic (exact) mass is 313 g/mol. The number of aromatic nitrogens is 1. The number of hydrogen-bond donors (Lipinski definition) is 0. The van der Waals surface area contributed by atoms with E-state index in [2.05, 4.69) is 0 Å². The maximum atomic E-state index is 6.60. The lowest BCUT2D eigenvalue weighted by atomic mass is 10.0. The van der Waals surface area contributed by atoms with Crippen LogP contribution in [0.15, 0.2) is 6.07 Å². The molecule has 1 aromatic heterocycles. The third kappa shape index (κ3) is 2.22. The van der Waals surface area contributed by atoms with Crippen LogP contribution in [0.5, 0.6) is 0 Å². The van der Waals surface area contributed by atoms with Gasteiger partial charge in [0.25, 0.3) is 0 Å². The van der Waals surface area contributed by atoms with E-state index < -0.39 is 0 Å². The molecule has 0 fully saturated rings. The number of benzene rings is 1. The van der Waals surface area contributed by atoms with Crippen LogP contribution in [0.1, 0.15) is 36.1 Å². The van der Waals surface area contributed by atoms with Crippen molar-refractivity contribution < 1.29 is 0 Å². The van der Waals surface area contributed by atoms with Crippen LogP contribution in [0.25, 0.3) is 10.9 Å². The van der Waals surface area contributed by atoms with E-state index in [0.29, 0.717) is 10.0 Å². The summed E-state index contributed by atoms with van der Waals surface area (Å²) < 4.78 is 0. The molecule has 100 valence electrons. The fraction of sp³-hybridized carbons (Fsp3) is 0.400. The molecule has 0 bridgehead atoms. The van der Waals surface area contributed by atoms with E-state index in [1.54, 1.807) is 0 Å². The fourth-order valence-corrected chi connectivity index (χ4v) is 3.74. The number of pyridine rings is 1. The molecule has 2 aromatic rings. The molecule has 4 heteroatoms. The van der Waals surface area contributed by atoms with Gasteiger partial charge in [-0.2, -0.15) is 0 Å². The van der Waals surface area contributed by atoms with E-state index in [1.165, 1.54) is 12.8 Å². The predicted octanol–water partition coefficient (Wildman–Crippen LogP) is 5.77. The Kier molecular flexibility index (Phi) is 3.63. The van der Waals surface area contributed by atoms with Gasteiger partial charge < -0.3 is 0 Å². The first kappa shape index (κ1) is 13.5. The van der Waals surface area contributed by atoms with Crippen molar-refractivity contribution in [2.75, 3.05) is 0 Å². The van der Waals surface area contributed by atoms with E-state index in [1.807, 2.05) is 13.0 Å². The Balaban J connectivity index is 2.41. The predicted molar refractivity (Wildman–Crippen MR) is 82.8 cm³/mol. The van der Waals surface area contributed by atoms with Gasteiger partial charge in [-0.25, -0.2) is 0 Å². The number of halogens is 3. The second-order valence-electron chi connectivity index (χ2n) is 5.12. The number of hydrogen-bond acceptors (Lipinski definition) is 1. The zero-order valence-corrected chi connectivity index (χ0v) is 13.0. The third-order valence-corrected chi connectivity index (χ3v) is 4.98. The summed E-state index contributed by atoms with van der Waals surface area (Å²) in [7, 11) is 0. The topological polar surface area (TPSA) is 12.9 Å². The van der Waals surface area contributed by atoms with E-state index >= 15 is 0 Å². The van der Waals surface area contributed by atoms with E-state index in [-0.39, 0.29) is 0 Å². The standard InChI is InChI=1S/C15H14Cl3N/c1-8-7-10(16)15-12(13(8)17)14(18)9-5-3-2-4-6-11(9)19-15/h7H,2-6H2,1H3. The maximum Gasteiger partial charge on any atom is 0.0921 e. The molecule has 1 aromatic carbocycles. The molecule has 1 aliphatic rings. The first-order valence-electron chi connectivity index (χ1n) is 6.55. The van der Waals surface area contributed by atoms with Crippen molar-refractivity contribution in [3.63, 3.8) is 0 Å². The summed E-state index contributed by atoms with van der Waals surface area (Å²) in [5.74, 6) is 0. The summed E-state index contributed by atoms with van der Waals surface area (Å²) in [5.41, 5.74) is 3.94. The highest BCUT2D eigenvalue weighted by Gasteiger charge is 2.20. The first-order valence-corrected chi connectivity index (χ1v) is 7.68. The average Bonchev–Trinajstić information content (AvgIpc) is 2.61. The average molecular weight is 315 g/mol. The third-order valence-electron chi connectivity index (χ3n) is 3.79. The molecule has 0 atom stereocenters. The molecule has 0 unspecified atom stereocenters. The Morgan fingerprint density at radius 1 is 1.00 bits per heavy atom. The molecule has 19 heavy (non-hydrogen) atoms. The van der Waals surface area contributed by atoms with Crippen molar-refractivity contribution in [2.45, 2.75) is 39.0 Å². The van der Waals surface area contributed by atoms with Crippen LogP contribution >= 0.6 is 34.8 Å². The molecule has 0 radical (unpaired) electrons. The molecule has 0 aliphatic heterocycles. The van der Waals surface area contributed by atoms with Gasteiger partial charge in [0.1, 0.15) is 0 Å². The van der Waals surface area contributed by atoms with Crippen molar-refractivity contribution in [2.24, 2.45) is 0 Å². The van der Waals surface area contributed by atoms with Crippen LogP contribution in [0.3, 0.4) is 0 Å². The van der Waals surface area contributed by atoms with Gasteiger partial charge in [0, 0.05) is 11.1 Å². The lowest BCUT2D eigenvalue weighted by Gasteiger charge is -2.14. The second-order valence-corrected chi connectivity index (χ2v) is 6.29. The summed E-state index contributed by atoms with van der Waals surface area (Å²) in [5, 5.41) is 2.86. The first-order chi connectivity index (χ1) is 9.09. The second kappa shape index (κ2) is 5.12. The van der Waals surface area contributed by atoms with Crippen LogP contribution < -0.4 is 0 Å². The van der Waals surface area contributed by atoms with Gasteiger partial charge in [-0.15, -0.1) is 0 Å². The molecule has 0 N–H and O–H groups in total. The van der Waals surface area contributed by atoms with Crippen LogP contribution in [0.2, 0.25) is 15.1 Å². The van der Waals surface area contributed by atoms with E-state index in [9.17, 15) is 0 Å². The highest BCUT2D eigenvalue weighted by molar-refractivity contribution is 6.45. The van der Waals surface area contributed by atoms with Gasteiger partial charge in [0.2, 0.25) is 0 Å². The molecule has 1 nitrogen and oxygen atoms in total. The highest BCUT2D eigenvalue weighted by Crippen LogP contribution is 2.40. The summed E-state index contributed by atoms with van der Waals surface area (Å²) in [6, 6.07) is 1.86. The molecular formula is C15H14Cl3N. The Labute approximate surface area is 127 Å². The van der Waals surface area contributed by atoms with Crippen LogP contribution in [-0.4, -0.2) is 4.98 Å². The number of rotatable bonds is 0. The van der Waals surface area contributed by atoms with Crippen LogP contribution in [0.4, 0.5) is 0 Å². The largest absolute Gasteiger partial charge is 0.251 e. The normalized spacial score (nSPS) is 15.4. The van der Waals surface area contributed by atoms with E-state index in [0.717, 1.165) is 52.0 Å². The molecule has 1 aliphatic carbocycles. The molecule has 0 saturated heterocycles. The van der Waals surface area contributed by atoms with Gasteiger partial charge in [-0.1, -0.05) is 41.2 Å². The minimum Gasteiger partial charge on any atom is -0.251 e. The fourth-order valence-electron chi connectivity index (χ4n) is 2.76. The van der Waals surface area contributed by atoms with Gasteiger partial charge in [-0.3, -0.25) is 4.98 Å². The summed E-state index contributed by atoms with van der Waals surface area (Å²) in [4.78, 5) is 4.74. The van der Waals surface area contributed by atoms with Gasteiger partial charge in [0.05, 0.1) is 20.6 Å². The molecule has 3 rings (SSSR count). The van der Waals surface area contributed by atoms with Crippen LogP contribution in [0, 0.1) is 6.92 Å². The minimum absolute atomic E-state index is 0.630. The van der Waals surface area contributed by atoms with Crippen molar-refractivity contribution >= 4 is 45.7 Å². The van der Waals surface area contributed by atoms with Gasteiger partial charge in [0.15, 0.2) is 0 Å². The number of fused-ring (bicyclic) bond motifs is 2. The highest BCUT2D eigenvalue weighted by atomic mass is 35.5. The summed E-state index contributed by atoms with van der Waals surface area (Å²) >= 11 is 19.3. The molecule has 0 spiro atoms. The molecular weight excluding hydrogens is 301 g/mol. The van der Waals surface area contributed by atoms with Crippen molar-refractivity contribution in [1.82, 2.24) is 4.98 Å². The maximum absolute atomic E-state index is 6.60. The summed E-state index contributed by atoms with van der Waals surface area (Å²) in [6.45, 7) is 1.94. The zero-order valence-electron chi connectivity index (χ0n) is 10.7. The van der Waals surface area contributed by atoms with Crippen molar-refractivity contribution in [3.05, 3.63) is 38.0 Å². The molecule has 1 heterocycles. The Bertz CT molecular complexity index is 664. The quantitative estimate of drug-likeness (QED) is 0.562. The zero-order chi connectivity index (χ0) is 13.6. The number of aryl methyl sites for hydroxylation is 2. The minimum atomic E-state index is 0.630. The smallest absolute Gasteiger partial charge is 0.0921 e. The van der Waals surface area contributed by atoms with Crippen molar-refractivity contribution in [1.29, 1.82) is 0 Å². The Morgan fingerprint density at radius 2 is 1.74 bits per heavy atom. The SMILES string of the molecule is Cc1cc(Cl)c2nc3c(c(Cl)c2c1Cl)CCCCC3. The molecule has 0 saturated carbocycles. The lowest BCUT2D eigenvalue weighted by Crippen LogP contribution is -1.99. The van der Waals surface area contributed by atoms with Gasteiger partial charge >= 0.3 is 0 Å². The summed E-state index contributed by atoms with van der Waals surface area (Å²) in [6.07, 6.45) is 5.52. The van der Waals surface area contributed by atoms with Crippen molar-refractivity contribution in [3.8, 4) is 0 Å². The van der Waals surface area contributed by atoms with Crippen LogP contribution in [-0.2, 0) is 12.8 Å². The van der Waals surface area contributed by atoms with Gasteiger partial charge in [-0.05, 0) is 49.8 Å². The Morgan fingerprint density at radius 3 is 2.53 bits per heavy atom. The van der Waals surface area contributed by atoms with E-state index in [4.69, 9.17) is 39.8 Å². The molecule has 0 amide bonds. The lowest BCUT2D eigenvalue weighted by molar-refractivity contribution is 0.709.